The van der Waals surface area contributed by atoms with E-state index in [2.05, 4.69) is 10.3 Å². The molecule has 1 amide bonds. The molecule has 1 aliphatic heterocycles. The first-order chi connectivity index (χ1) is 15.5. The van der Waals surface area contributed by atoms with E-state index >= 15 is 0 Å². The Morgan fingerprint density at radius 2 is 1.94 bits per heavy atom. The molecule has 1 N–H and O–H groups in total. The molecule has 0 atom stereocenters. The molecule has 32 heavy (non-hydrogen) atoms. The molecule has 0 aliphatic carbocycles. The van der Waals surface area contributed by atoms with E-state index in [9.17, 15) is 14.4 Å². The summed E-state index contributed by atoms with van der Waals surface area (Å²) in [6, 6.07) is 14.0. The zero-order valence-corrected chi connectivity index (χ0v) is 17.8. The number of carbonyl (C=O) groups excluding carboxylic acids is 3. The third-order valence-corrected chi connectivity index (χ3v) is 5.12. The minimum absolute atomic E-state index is 0.144. The van der Waals surface area contributed by atoms with Crippen LogP contribution < -0.4 is 14.8 Å². The molecule has 1 aromatic heterocycles. The first kappa shape index (κ1) is 21.3. The van der Waals surface area contributed by atoms with Crippen LogP contribution >= 0.6 is 11.3 Å². The Kier molecular flexibility index (Phi) is 6.27. The van der Waals surface area contributed by atoms with Gasteiger partial charge < -0.3 is 14.2 Å². The number of anilines is 1. The van der Waals surface area contributed by atoms with Crippen LogP contribution in [0.1, 0.15) is 33.3 Å². The molecule has 4 rings (SSSR count). The first-order valence-corrected chi connectivity index (χ1v) is 10.6. The molecule has 1 aliphatic rings. The highest BCUT2D eigenvalue weighted by Gasteiger charge is 2.26. The summed E-state index contributed by atoms with van der Waals surface area (Å²) in [5, 5.41) is 4.37. The molecule has 0 saturated heterocycles. The number of rotatable bonds is 7. The molecule has 2 heterocycles. The van der Waals surface area contributed by atoms with Gasteiger partial charge in [0.15, 0.2) is 23.2 Å². The van der Waals surface area contributed by atoms with Crippen LogP contribution in [0.15, 0.2) is 59.7 Å². The summed E-state index contributed by atoms with van der Waals surface area (Å²) in [7, 11) is 0. The zero-order valence-electron chi connectivity index (χ0n) is 17.0. The fourth-order valence-electron chi connectivity index (χ4n) is 2.88. The second kappa shape index (κ2) is 9.44. The van der Waals surface area contributed by atoms with Crippen molar-refractivity contribution >= 4 is 40.2 Å². The fourth-order valence-corrected chi connectivity index (χ4v) is 3.58. The number of thiazole rings is 1. The van der Waals surface area contributed by atoms with Crippen molar-refractivity contribution in [1.82, 2.24) is 4.98 Å². The first-order valence-electron chi connectivity index (χ1n) is 9.72. The highest BCUT2D eigenvalue weighted by atomic mass is 32.1. The number of benzene rings is 2. The molecular formula is C23H18N2O6S. The average molecular weight is 450 g/mol. The maximum atomic E-state index is 12.4. The summed E-state index contributed by atoms with van der Waals surface area (Å²) in [6.45, 7) is 1.72. The Balaban J connectivity index is 1.30. The number of nitrogens with zero attached hydrogens (tertiary/aromatic N) is 1. The minimum Gasteiger partial charge on any atom is -0.484 e. The highest BCUT2D eigenvalue weighted by Crippen LogP contribution is 2.31. The van der Waals surface area contributed by atoms with Gasteiger partial charge in [-0.1, -0.05) is 24.3 Å². The number of nitrogens with one attached hydrogen (secondary N) is 1. The van der Waals surface area contributed by atoms with Crippen molar-refractivity contribution in [3.63, 3.8) is 0 Å². The van der Waals surface area contributed by atoms with E-state index in [0.29, 0.717) is 17.1 Å². The van der Waals surface area contributed by atoms with Gasteiger partial charge in [-0.05, 0) is 42.8 Å². The standard InChI is InChI=1S/C23H18N2O6S/c1-2-29-22(28)17-13-32-23(24-17)25-20(26)12-30-15-9-7-14(8-10-15)11-19-21(27)16-5-3-4-6-18(16)31-19/h3-11,13H,2,12H2,1H3,(H,24,25,26)/b19-11-. The molecule has 9 heteroatoms. The minimum atomic E-state index is -0.538. The largest absolute Gasteiger partial charge is 0.484 e. The van der Waals surface area contributed by atoms with Crippen LogP contribution in [-0.4, -0.2) is 35.9 Å². The maximum absolute atomic E-state index is 12.4. The van der Waals surface area contributed by atoms with Crippen LogP contribution in [0.3, 0.4) is 0 Å². The van der Waals surface area contributed by atoms with E-state index in [1.807, 2.05) is 6.07 Å². The lowest BCUT2D eigenvalue weighted by Gasteiger charge is -2.06. The lowest BCUT2D eigenvalue weighted by Crippen LogP contribution is -2.20. The summed E-state index contributed by atoms with van der Waals surface area (Å²) in [5.74, 6) is 0.170. The summed E-state index contributed by atoms with van der Waals surface area (Å²) >= 11 is 1.12. The van der Waals surface area contributed by atoms with E-state index < -0.39 is 11.9 Å². The van der Waals surface area contributed by atoms with Crippen molar-refractivity contribution in [2.45, 2.75) is 6.92 Å². The average Bonchev–Trinajstić information content (AvgIpc) is 3.38. The third kappa shape index (κ3) is 4.84. The van der Waals surface area contributed by atoms with Crippen LogP contribution in [0.4, 0.5) is 5.13 Å². The van der Waals surface area contributed by atoms with Crippen LogP contribution in [0.5, 0.6) is 11.5 Å². The van der Waals surface area contributed by atoms with Gasteiger partial charge in [-0.15, -0.1) is 11.3 Å². The Morgan fingerprint density at radius 3 is 2.69 bits per heavy atom. The number of para-hydroxylation sites is 1. The van der Waals surface area contributed by atoms with Gasteiger partial charge in [0.2, 0.25) is 5.78 Å². The summed E-state index contributed by atoms with van der Waals surface area (Å²) in [5.41, 5.74) is 1.44. The predicted molar refractivity (Wildman–Crippen MR) is 118 cm³/mol. The summed E-state index contributed by atoms with van der Waals surface area (Å²) in [6.07, 6.45) is 1.66. The van der Waals surface area contributed by atoms with Gasteiger partial charge >= 0.3 is 5.97 Å². The van der Waals surface area contributed by atoms with Crippen molar-refractivity contribution in [2.24, 2.45) is 0 Å². The van der Waals surface area contributed by atoms with E-state index in [1.54, 1.807) is 55.5 Å². The number of carbonyl (C=O) groups is 3. The van der Waals surface area contributed by atoms with Crippen molar-refractivity contribution in [3.8, 4) is 11.5 Å². The quantitative estimate of drug-likeness (QED) is 0.429. The number of fused-ring (bicyclic) bond motifs is 1. The molecule has 8 nitrogen and oxygen atoms in total. The monoisotopic (exact) mass is 450 g/mol. The van der Waals surface area contributed by atoms with Crippen LogP contribution in [0.25, 0.3) is 6.08 Å². The number of Topliss-reactive ketones (excluding diaryl/α,β-unsaturated/α-hetero) is 1. The van der Waals surface area contributed by atoms with Gasteiger partial charge in [0.1, 0.15) is 11.5 Å². The molecule has 2 aromatic carbocycles. The Bertz CT molecular complexity index is 1200. The third-order valence-electron chi connectivity index (χ3n) is 4.36. The lowest BCUT2D eigenvalue weighted by molar-refractivity contribution is -0.118. The molecule has 0 spiro atoms. The van der Waals surface area contributed by atoms with Crippen LogP contribution in [0.2, 0.25) is 0 Å². The molecular weight excluding hydrogens is 432 g/mol. The number of hydrogen-bond acceptors (Lipinski definition) is 8. The number of ketones is 1. The van der Waals surface area contributed by atoms with E-state index in [4.69, 9.17) is 14.2 Å². The molecule has 0 saturated carbocycles. The molecule has 3 aromatic rings. The van der Waals surface area contributed by atoms with Gasteiger partial charge in [-0.3, -0.25) is 14.9 Å². The smallest absolute Gasteiger partial charge is 0.357 e. The number of esters is 1. The fraction of sp³-hybridized carbons (Fsp3) is 0.130. The van der Waals surface area contributed by atoms with Crippen LogP contribution in [-0.2, 0) is 9.53 Å². The van der Waals surface area contributed by atoms with E-state index in [0.717, 1.165) is 16.9 Å². The number of amides is 1. The molecule has 0 bridgehead atoms. The van der Waals surface area contributed by atoms with Gasteiger partial charge in [-0.25, -0.2) is 9.78 Å². The van der Waals surface area contributed by atoms with Crippen molar-refractivity contribution in [1.29, 1.82) is 0 Å². The number of allylic oxidation sites excluding steroid dienone is 1. The second-order valence-electron chi connectivity index (χ2n) is 6.60. The Morgan fingerprint density at radius 1 is 1.16 bits per heavy atom. The maximum Gasteiger partial charge on any atom is 0.357 e. The molecule has 0 fully saturated rings. The topological polar surface area (TPSA) is 104 Å². The Hall–Kier alpha value is -3.98. The van der Waals surface area contributed by atoms with Crippen LogP contribution in [0, 0.1) is 0 Å². The SMILES string of the molecule is CCOC(=O)c1csc(NC(=O)COc2ccc(/C=C3\Oc4ccccc4C3=O)cc2)n1. The number of ether oxygens (including phenoxy) is 3. The van der Waals surface area contributed by atoms with E-state index in [-0.39, 0.29) is 35.6 Å². The number of aromatic nitrogens is 1. The summed E-state index contributed by atoms with van der Waals surface area (Å²) in [4.78, 5) is 40.1. The Labute approximate surface area is 187 Å². The lowest BCUT2D eigenvalue weighted by atomic mass is 10.1. The second-order valence-corrected chi connectivity index (χ2v) is 7.46. The van der Waals surface area contributed by atoms with Crippen molar-refractivity contribution in [2.75, 3.05) is 18.5 Å². The number of hydrogen-bond donors (Lipinski definition) is 1. The van der Waals surface area contributed by atoms with Gasteiger partial charge in [-0.2, -0.15) is 0 Å². The summed E-state index contributed by atoms with van der Waals surface area (Å²) < 4.78 is 16.0. The van der Waals surface area contributed by atoms with Crippen molar-refractivity contribution < 1.29 is 28.6 Å². The molecule has 0 radical (unpaired) electrons. The highest BCUT2D eigenvalue weighted by molar-refractivity contribution is 7.14. The van der Waals surface area contributed by atoms with Crippen molar-refractivity contribution in [3.05, 3.63) is 76.5 Å². The zero-order chi connectivity index (χ0) is 22.5. The van der Waals surface area contributed by atoms with Gasteiger partial charge in [0.25, 0.3) is 5.91 Å². The van der Waals surface area contributed by atoms with Gasteiger partial charge in [0, 0.05) is 5.38 Å². The predicted octanol–water partition coefficient (Wildman–Crippen LogP) is 3.95. The molecule has 162 valence electrons. The van der Waals surface area contributed by atoms with E-state index in [1.165, 1.54) is 5.38 Å². The normalized spacial score (nSPS) is 13.4. The van der Waals surface area contributed by atoms with Gasteiger partial charge in [0.05, 0.1) is 12.2 Å². The molecule has 0 unspecified atom stereocenters.